The van der Waals surface area contributed by atoms with Crippen molar-refractivity contribution in [3.05, 3.63) is 41.5 Å². The van der Waals surface area contributed by atoms with Crippen LogP contribution >= 0.6 is 0 Å². The zero-order valence-electron chi connectivity index (χ0n) is 11.6. The first-order valence-corrected chi connectivity index (χ1v) is 6.46. The summed E-state index contributed by atoms with van der Waals surface area (Å²) in [5.74, 6) is -0.0761. The minimum atomic E-state index is -0.175. The highest BCUT2D eigenvalue weighted by Gasteiger charge is 2.20. The van der Waals surface area contributed by atoms with E-state index in [1.807, 2.05) is 45.1 Å². The van der Waals surface area contributed by atoms with E-state index in [1.54, 1.807) is 0 Å². The molecule has 0 radical (unpaired) electrons. The first kappa shape index (κ1) is 14.5. The van der Waals surface area contributed by atoms with Crippen LogP contribution in [0.2, 0.25) is 0 Å². The van der Waals surface area contributed by atoms with E-state index in [2.05, 4.69) is 19.1 Å². The van der Waals surface area contributed by atoms with Crippen LogP contribution in [0.3, 0.4) is 0 Å². The van der Waals surface area contributed by atoms with Crippen molar-refractivity contribution in [2.24, 2.45) is 11.8 Å². The number of carbonyl (C=O) groups excluding carboxylic acids is 1. The number of aryl methyl sites for hydroxylation is 1. The molecular weight excluding hydrogens is 224 g/mol. The lowest BCUT2D eigenvalue weighted by Crippen LogP contribution is -2.20. The van der Waals surface area contributed by atoms with Gasteiger partial charge in [-0.25, -0.2) is 0 Å². The maximum absolute atomic E-state index is 11.8. The van der Waals surface area contributed by atoms with E-state index >= 15 is 0 Å². The molecule has 0 aliphatic heterocycles. The van der Waals surface area contributed by atoms with Crippen LogP contribution in [0.5, 0.6) is 0 Å². The molecule has 0 amide bonds. The van der Waals surface area contributed by atoms with Gasteiger partial charge in [-0.3, -0.25) is 4.79 Å². The van der Waals surface area contributed by atoms with Crippen molar-refractivity contribution in [1.82, 2.24) is 0 Å². The quantitative estimate of drug-likeness (QED) is 0.738. The molecule has 1 atom stereocenters. The van der Waals surface area contributed by atoms with Gasteiger partial charge in [0.25, 0.3) is 0 Å². The molecule has 18 heavy (non-hydrogen) atoms. The smallest absolute Gasteiger partial charge is 0.313 e. The van der Waals surface area contributed by atoms with Crippen molar-refractivity contribution in [2.75, 3.05) is 6.61 Å². The largest absolute Gasteiger partial charge is 0.466 e. The number of carbonyl (C=O) groups is 1. The van der Waals surface area contributed by atoms with E-state index in [1.165, 1.54) is 5.56 Å². The summed E-state index contributed by atoms with van der Waals surface area (Å²) in [7, 11) is 0. The fourth-order valence-corrected chi connectivity index (χ4v) is 1.70. The van der Waals surface area contributed by atoms with Crippen molar-refractivity contribution in [3.8, 4) is 0 Å². The predicted octanol–water partition coefficient (Wildman–Crippen LogP) is 3.84. The van der Waals surface area contributed by atoms with Crippen LogP contribution in [0.25, 0.3) is 6.08 Å². The number of esters is 1. The van der Waals surface area contributed by atoms with Crippen LogP contribution in [-0.4, -0.2) is 12.6 Å². The van der Waals surface area contributed by atoms with Gasteiger partial charge in [-0.1, -0.05) is 55.8 Å². The molecule has 1 aromatic carbocycles. The van der Waals surface area contributed by atoms with Gasteiger partial charge in [-0.05, 0) is 25.3 Å². The first-order chi connectivity index (χ1) is 8.54. The Hall–Kier alpha value is -1.57. The molecule has 2 nitrogen and oxygen atoms in total. The summed E-state index contributed by atoms with van der Waals surface area (Å²) in [6.07, 6.45) is 3.92. The van der Waals surface area contributed by atoms with Gasteiger partial charge in [-0.15, -0.1) is 0 Å². The van der Waals surface area contributed by atoms with E-state index in [0.717, 1.165) is 5.56 Å². The van der Waals surface area contributed by atoms with Gasteiger partial charge in [0.15, 0.2) is 0 Å². The van der Waals surface area contributed by atoms with Gasteiger partial charge in [0, 0.05) is 0 Å². The number of hydrogen-bond acceptors (Lipinski definition) is 2. The highest BCUT2D eigenvalue weighted by Crippen LogP contribution is 2.16. The van der Waals surface area contributed by atoms with Crippen molar-refractivity contribution in [1.29, 1.82) is 0 Å². The predicted molar refractivity (Wildman–Crippen MR) is 75.2 cm³/mol. The molecule has 0 saturated heterocycles. The second-order valence-electron chi connectivity index (χ2n) is 4.79. The van der Waals surface area contributed by atoms with Crippen molar-refractivity contribution in [3.63, 3.8) is 0 Å². The molecule has 98 valence electrons. The molecule has 0 aliphatic rings. The molecule has 1 rings (SSSR count). The second kappa shape index (κ2) is 7.00. The van der Waals surface area contributed by atoms with Gasteiger partial charge < -0.3 is 4.74 Å². The van der Waals surface area contributed by atoms with Crippen LogP contribution in [0.15, 0.2) is 30.3 Å². The third kappa shape index (κ3) is 4.36. The van der Waals surface area contributed by atoms with Gasteiger partial charge in [0.1, 0.15) is 0 Å². The van der Waals surface area contributed by atoms with Crippen molar-refractivity contribution >= 4 is 12.0 Å². The number of rotatable bonds is 5. The lowest BCUT2D eigenvalue weighted by atomic mass is 9.94. The topological polar surface area (TPSA) is 26.3 Å². The van der Waals surface area contributed by atoms with Crippen LogP contribution in [0.1, 0.15) is 31.9 Å². The molecule has 1 unspecified atom stereocenters. The third-order valence-corrected chi connectivity index (χ3v) is 2.85. The van der Waals surface area contributed by atoms with E-state index in [0.29, 0.717) is 6.61 Å². The van der Waals surface area contributed by atoms with E-state index in [4.69, 9.17) is 4.74 Å². The summed E-state index contributed by atoms with van der Waals surface area (Å²) in [6, 6.07) is 8.23. The standard InChI is InChI=1S/C16H22O2/c1-5-18-16(17)15(12(2)3)11-10-14-8-6-13(4)7-9-14/h6-12,15H,5H2,1-4H3/b11-10+. The molecule has 0 N–H and O–H groups in total. The zero-order chi connectivity index (χ0) is 13.5. The molecular formula is C16H22O2. The maximum Gasteiger partial charge on any atom is 0.313 e. The lowest BCUT2D eigenvalue weighted by molar-refractivity contribution is -0.147. The summed E-state index contributed by atoms with van der Waals surface area (Å²) in [6.45, 7) is 8.38. The minimum Gasteiger partial charge on any atom is -0.466 e. The van der Waals surface area contributed by atoms with Crippen LogP contribution in [0, 0.1) is 18.8 Å². The Kier molecular flexibility index (Phi) is 5.63. The average Bonchev–Trinajstić information content (AvgIpc) is 2.31. The van der Waals surface area contributed by atoms with E-state index in [-0.39, 0.29) is 17.8 Å². The molecule has 0 saturated carbocycles. The fraction of sp³-hybridized carbons (Fsp3) is 0.438. The molecule has 0 spiro atoms. The summed E-state index contributed by atoms with van der Waals surface area (Å²) in [5, 5.41) is 0. The summed E-state index contributed by atoms with van der Waals surface area (Å²) in [4.78, 5) is 11.8. The molecule has 1 aromatic rings. The molecule has 0 aromatic heterocycles. The Labute approximate surface area is 110 Å². The monoisotopic (exact) mass is 246 g/mol. The third-order valence-electron chi connectivity index (χ3n) is 2.85. The molecule has 0 fully saturated rings. The van der Waals surface area contributed by atoms with Gasteiger partial charge in [-0.2, -0.15) is 0 Å². The van der Waals surface area contributed by atoms with E-state index < -0.39 is 0 Å². The van der Waals surface area contributed by atoms with Crippen molar-refractivity contribution in [2.45, 2.75) is 27.7 Å². The number of hydrogen-bond donors (Lipinski definition) is 0. The van der Waals surface area contributed by atoms with Crippen LogP contribution in [-0.2, 0) is 9.53 Å². The van der Waals surface area contributed by atoms with Crippen LogP contribution in [0.4, 0.5) is 0 Å². The Morgan fingerprint density at radius 3 is 2.39 bits per heavy atom. The highest BCUT2D eigenvalue weighted by atomic mass is 16.5. The fourth-order valence-electron chi connectivity index (χ4n) is 1.70. The summed E-state index contributed by atoms with van der Waals surface area (Å²) in [5.41, 5.74) is 2.34. The molecule has 0 aliphatic carbocycles. The number of ether oxygens (including phenoxy) is 1. The normalized spacial score (nSPS) is 12.9. The van der Waals surface area contributed by atoms with Crippen molar-refractivity contribution < 1.29 is 9.53 Å². The molecule has 0 heterocycles. The summed E-state index contributed by atoms with van der Waals surface area (Å²) >= 11 is 0. The highest BCUT2D eigenvalue weighted by molar-refractivity contribution is 5.76. The zero-order valence-corrected chi connectivity index (χ0v) is 11.6. The molecule has 0 bridgehead atoms. The Morgan fingerprint density at radius 1 is 1.28 bits per heavy atom. The Balaban J connectivity index is 2.77. The van der Waals surface area contributed by atoms with Gasteiger partial charge in [0.2, 0.25) is 0 Å². The molecule has 2 heteroatoms. The number of benzene rings is 1. The average molecular weight is 246 g/mol. The minimum absolute atomic E-state index is 0.143. The Bertz CT molecular complexity index is 402. The summed E-state index contributed by atoms with van der Waals surface area (Å²) < 4.78 is 5.08. The lowest BCUT2D eigenvalue weighted by Gasteiger charge is -2.15. The maximum atomic E-state index is 11.8. The van der Waals surface area contributed by atoms with E-state index in [9.17, 15) is 4.79 Å². The van der Waals surface area contributed by atoms with Gasteiger partial charge >= 0.3 is 5.97 Å². The van der Waals surface area contributed by atoms with Crippen LogP contribution < -0.4 is 0 Å². The first-order valence-electron chi connectivity index (χ1n) is 6.46. The SMILES string of the molecule is CCOC(=O)C(/C=C/c1ccc(C)cc1)C(C)C. The Morgan fingerprint density at radius 2 is 1.89 bits per heavy atom. The second-order valence-corrected chi connectivity index (χ2v) is 4.79. The van der Waals surface area contributed by atoms with Gasteiger partial charge in [0.05, 0.1) is 12.5 Å².